The van der Waals surface area contributed by atoms with Gasteiger partial charge in [-0.3, -0.25) is 9.59 Å². The smallest absolute Gasteiger partial charge is 0.253 e. The Morgan fingerprint density at radius 1 is 1.12 bits per heavy atom. The summed E-state index contributed by atoms with van der Waals surface area (Å²) >= 11 is 0. The van der Waals surface area contributed by atoms with Crippen molar-refractivity contribution in [3.8, 4) is 11.5 Å². The maximum absolute atomic E-state index is 13.5. The van der Waals surface area contributed by atoms with Gasteiger partial charge in [0.15, 0.2) is 11.5 Å². The lowest BCUT2D eigenvalue weighted by molar-refractivity contribution is 0.0673. The summed E-state index contributed by atoms with van der Waals surface area (Å²) < 4.78 is 11.7. The Hall–Kier alpha value is -2.80. The van der Waals surface area contributed by atoms with Gasteiger partial charge in [0.25, 0.3) is 11.5 Å². The lowest BCUT2D eigenvalue weighted by atomic mass is 9.78. The standard InChI is InChI=1S/C26H35N3O4/c1-14-11-15(2)28-25(30)21(14)13-27-26(31)23-16(3)24-22(32-17(4)33-24)12-20(23)18-7-9-19(10-8-18)29(5)6/h11-12,17-19H,7-10,13H2,1-6H3,(H,27,31)(H,28,30). The van der Waals surface area contributed by atoms with E-state index in [4.69, 9.17) is 9.47 Å². The summed E-state index contributed by atoms with van der Waals surface area (Å²) in [4.78, 5) is 31.0. The van der Waals surface area contributed by atoms with Crippen LogP contribution >= 0.6 is 0 Å². The molecular weight excluding hydrogens is 418 g/mol. The molecule has 0 saturated heterocycles. The van der Waals surface area contributed by atoms with Crippen molar-refractivity contribution in [1.29, 1.82) is 0 Å². The Kier molecular flexibility index (Phi) is 6.52. The van der Waals surface area contributed by atoms with Crippen molar-refractivity contribution in [1.82, 2.24) is 15.2 Å². The Bertz CT molecular complexity index is 1110. The van der Waals surface area contributed by atoms with Gasteiger partial charge in [-0.1, -0.05) is 0 Å². The van der Waals surface area contributed by atoms with Gasteiger partial charge in [0.1, 0.15) is 0 Å². The fourth-order valence-corrected chi connectivity index (χ4v) is 5.28. The quantitative estimate of drug-likeness (QED) is 0.717. The number of aryl methyl sites for hydroxylation is 2. The molecule has 2 aliphatic rings. The summed E-state index contributed by atoms with van der Waals surface area (Å²) in [5.74, 6) is 1.47. The summed E-state index contributed by atoms with van der Waals surface area (Å²) in [6.07, 6.45) is 3.87. The molecule has 1 aromatic carbocycles. The van der Waals surface area contributed by atoms with Crippen LogP contribution in [-0.2, 0) is 6.54 Å². The van der Waals surface area contributed by atoms with Crippen LogP contribution in [0.5, 0.6) is 11.5 Å². The summed E-state index contributed by atoms with van der Waals surface area (Å²) in [5, 5.41) is 3.00. The summed E-state index contributed by atoms with van der Waals surface area (Å²) in [5.41, 5.74) is 4.57. The second kappa shape index (κ2) is 9.21. The number of aromatic amines is 1. The first-order valence-corrected chi connectivity index (χ1v) is 11.8. The Morgan fingerprint density at radius 2 is 1.82 bits per heavy atom. The van der Waals surface area contributed by atoms with Gasteiger partial charge in [-0.15, -0.1) is 0 Å². The van der Waals surface area contributed by atoms with E-state index in [1.807, 2.05) is 39.8 Å². The van der Waals surface area contributed by atoms with E-state index >= 15 is 0 Å². The minimum atomic E-state index is -0.372. The number of benzene rings is 1. The molecule has 2 heterocycles. The molecule has 0 radical (unpaired) electrons. The van der Waals surface area contributed by atoms with Crippen LogP contribution < -0.4 is 20.3 Å². The van der Waals surface area contributed by atoms with Crippen molar-refractivity contribution in [2.24, 2.45) is 0 Å². The average molecular weight is 454 g/mol. The molecule has 178 valence electrons. The third-order valence-electron chi connectivity index (χ3n) is 7.10. The second-order valence-corrected chi connectivity index (χ2v) is 9.69. The number of H-pyrrole nitrogens is 1. The lowest BCUT2D eigenvalue weighted by Crippen LogP contribution is -2.33. The topological polar surface area (TPSA) is 83.7 Å². The third kappa shape index (κ3) is 4.64. The van der Waals surface area contributed by atoms with E-state index in [2.05, 4.69) is 29.3 Å². The zero-order valence-corrected chi connectivity index (χ0v) is 20.5. The van der Waals surface area contributed by atoms with E-state index in [1.165, 1.54) is 0 Å². The van der Waals surface area contributed by atoms with Crippen LogP contribution in [0.1, 0.15) is 76.8 Å². The maximum atomic E-state index is 13.5. The molecule has 0 spiro atoms. The predicted molar refractivity (Wildman–Crippen MR) is 128 cm³/mol. The molecule has 1 aromatic heterocycles. The molecule has 33 heavy (non-hydrogen) atoms. The molecule has 4 rings (SSSR count). The van der Waals surface area contributed by atoms with Gasteiger partial charge in [-0.25, -0.2) is 0 Å². The van der Waals surface area contributed by atoms with E-state index in [0.29, 0.717) is 28.7 Å². The van der Waals surface area contributed by atoms with Gasteiger partial charge in [-0.05, 0) is 89.7 Å². The third-order valence-corrected chi connectivity index (χ3v) is 7.10. The van der Waals surface area contributed by atoms with Crippen molar-refractivity contribution >= 4 is 5.91 Å². The number of hydrogen-bond acceptors (Lipinski definition) is 5. The molecule has 1 aliphatic heterocycles. The molecule has 1 saturated carbocycles. The number of carbonyl (C=O) groups is 1. The van der Waals surface area contributed by atoms with Crippen LogP contribution in [0.25, 0.3) is 0 Å². The van der Waals surface area contributed by atoms with Crippen molar-refractivity contribution in [2.45, 2.75) is 78.2 Å². The number of nitrogens with one attached hydrogen (secondary N) is 2. The number of fused-ring (bicyclic) bond motifs is 1. The molecule has 2 N–H and O–H groups in total. The van der Waals surface area contributed by atoms with Crippen LogP contribution in [0.2, 0.25) is 0 Å². The van der Waals surface area contributed by atoms with Crippen LogP contribution in [-0.4, -0.2) is 42.2 Å². The molecule has 1 amide bonds. The first-order valence-electron chi connectivity index (χ1n) is 11.8. The van der Waals surface area contributed by atoms with Gasteiger partial charge in [0.05, 0.1) is 0 Å². The van der Waals surface area contributed by atoms with Gasteiger partial charge in [0.2, 0.25) is 6.29 Å². The Balaban J connectivity index is 1.65. The number of rotatable bonds is 5. The monoisotopic (exact) mass is 453 g/mol. The van der Waals surface area contributed by atoms with Crippen LogP contribution in [0.15, 0.2) is 16.9 Å². The van der Waals surface area contributed by atoms with Crippen molar-refractivity contribution in [3.63, 3.8) is 0 Å². The highest BCUT2D eigenvalue weighted by Gasteiger charge is 2.33. The van der Waals surface area contributed by atoms with E-state index in [0.717, 1.165) is 48.1 Å². The number of ether oxygens (including phenoxy) is 2. The fourth-order valence-electron chi connectivity index (χ4n) is 5.28. The SMILES string of the molecule is Cc1cc(C)c(CNC(=O)c2c(C3CCC(N(C)C)CC3)cc3c(c2C)OC(C)O3)c(=O)[nH]1. The van der Waals surface area contributed by atoms with Crippen molar-refractivity contribution < 1.29 is 14.3 Å². The van der Waals surface area contributed by atoms with Gasteiger partial charge >= 0.3 is 0 Å². The molecule has 1 aliphatic carbocycles. The van der Waals surface area contributed by atoms with E-state index in [1.54, 1.807) is 0 Å². The Labute approximate surface area is 195 Å². The van der Waals surface area contributed by atoms with Crippen molar-refractivity contribution in [3.05, 3.63) is 56.0 Å². The molecule has 7 heteroatoms. The van der Waals surface area contributed by atoms with Crippen LogP contribution in [0, 0.1) is 20.8 Å². The number of pyridine rings is 1. The molecule has 7 nitrogen and oxygen atoms in total. The normalized spacial score (nSPS) is 22.0. The average Bonchev–Trinajstić information content (AvgIpc) is 3.13. The highest BCUT2D eigenvalue weighted by Crippen LogP contribution is 2.45. The largest absolute Gasteiger partial charge is 0.451 e. The number of carbonyl (C=O) groups excluding carboxylic acids is 1. The second-order valence-electron chi connectivity index (χ2n) is 9.69. The summed E-state index contributed by atoms with van der Waals surface area (Å²) in [6, 6.07) is 4.50. The van der Waals surface area contributed by atoms with Gasteiger partial charge < -0.3 is 24.7 Å². The first kappa shape index (κ1) is 23.4. The van der Waals surface area contributed by atoms with Crippen molar-refractivity contribution in [2.75, 3.05) is 14.1 Å². The molecule has 2 aromatic rings. The number of hydrogen-bond donors (Lipinski definition) is 2. The van der Waals surface area contributed by atoms with E-state index in [-0.39, 0.29) is 30.2 Å². The highest BCUT2D eigenvalue weighted by atomic mass is 16.7. The molecule has 1 atom stereocenters. The summed E-state index contributed by atoms with van der Waals surface area (Å²) in [7, 11) is 4.26. The zero-order valence-electron chi connectivity index (χ0n) is 20.5. The van der Waals surface area contributed by atoms with E-state index < -0.39 is 0 Å². The highest BCUT2D eigenvalue weighted by molar-refractivity contribution is 5.98. The molecular formula is C26H35N3O4. The minimum absolute atomic E-state index is 0.161. The van der Waals surface area contributed by atoms with Gasteiger partial charge in [-0.2, -0.15) is 0 Å². The predicted octanol–water partition coefficient (Wildman–Crippen LogP) is 3.94. The van der Waals surface area contributed by atoms with E-state index in [9.17, 15) is 9.59 Å². The first-order chi connectivity index (χ1) is 15.7. The number of aromatic nitrogens is 1. The Morgan fingerprint density at radius 3 is 2.45 bits per heavy atom. The van der Waals surface area contributed by atoms with Crippen LogP contribution in [0.4, 0.5) is 0 Å². The fraction of sp³-hybridized carbons (Fsp3) is 0.538. The van der Waals surface area contributed by atoms with Gasteiger partial charge in [0, 0.05) is 41.9 Å². The lowest BCUT2D eigenvalue weighted by Gasteiger charge is -2.33. The molecule has 1 unspecified atom stereocenters. The zero-order chi connectivity index (χ0) is 23.9. The number of nitrogens with zero attached hydrogens (tertiary/aromatic N) is 1. The van der Waals surface area contributed by atoms with Crippen LogP contribution in [0.3, 0.4) is 0 Å². The molecule has 0 bridgehead atoms. The summed E-state index contributed by atoms with van der Waals surface area (Å²) in [6.45, 7) is 7.70. The molecule has 1 fully saturated rings. The number of amides is 1. The minimum Gasteiger partial charge on any atom is -0.451 e. The maximum Gasteiger partial charge on any atom is 0.253 e.